The average molecular weight is 271 g/mol. The minimum Gasteiger partial charge on any atom is -0.508 e. The molecule has 2 aromatic rings. The first-order chi connectivity index (χ1) is 9.70. The number of rotatable bonds is 5. The van der Waals surface area contributed by atoms with Crippen LogP contribution in [0.5, 0.6) is 11.5 Å². The van der Waals surface area contributed by atoms with Crippen molar-refractivity contribution in [1.29, 1.82) is 0 Å². The molecule has 0 fully saturated rings. The van der Waals surface area contributed by atoms with Crippen LogP contribution >= 0.6 is 0 Å². The maximum Gasteiger partial charge on any atom is 0.255 e. The standard InChI is InChI=1S/C16H17NO3/c1-2-20-15-9-4-3-8-14(15)16(19)17-11-12-6-5-7-13(18)10-12/h3-10,18H,2,11H2,1H3,(H,17,19). The van der Waals surface area contributed by atoms with E-state index in [4.69, 9.17) is 4.74 Å². The molecule has 0 bridgehead atoms. The number of amides is 1. The highest BCUT2D eigenvalue weighted by Gasteiger charge is 2.11. The molecule has 20 heavy (non-hydrogen) atoms. The van der Waals surface area contributed by atoms with Crippen LogP contribution < -0.4 is 10.1 Å². The van der Waals surface area contributed by atoms with Crippen molar-refractivity contribution < 1.29 is 14.6 Å². The first-order valence-electron chi connectivity index (χ1n) is 6.48. The number of para-hydroxylation sites is 1. The third kappa shape index (κ3) is 3.51. The van der Waals surface area contributed by atoms with Crippen molar-refractivity contribution in [2.24, 2.45) is 0 Å². The highest BCUT2D eigenvalue weighted by atomic mass is 16.5. The SMILES string of the molecule is CCOc1ccccc1C(=O)NCc1cccc(O)c1. The largest absolute Gasteiger partial charge is 0.508 e. The van der Waals surface area contributed by atoms with Gasteiger partial charge in [0.25, 0.3) is 5.91 Å². The molecular weight excluding hydrogens is 254 g/mol. The van der Waals surface area contributed by atoms with Crippen LogP contribution in [0, 0.1) is 0 Å². The summed E-state index contributed by atoms with van der Waals surface area (Å²) in [7, 11) is 0. The Bertz CT molecular complexity index is 596. The summed E-state index contributed by atoms with van der Waals surface area (Å²) in [6.07, 6.45) is 0. The van der Waals surface area contributed by atoms with Gasteiger partial charge < -0.3 is 15.2 Å². The van der Waals surface area contributed by atoms with E-state index in [-0.39, 0.29) is 11.7 Å². The normalized spacial score (nSPS) is 10.1. The van der Waals surface area contributed by atoms with Gasteiger partial charge in [0.05, 0.1) is 12.2 Å². The summed E-state index contributed by atoms with van der Waals surface area (Å²) in [5, 5.41) is 12.2. The maximum atomic E-state index is 12.1. The van der Waals surface area contributed by atoms with Gasteiger partial charge in [-0.25, -0.2) is 0 Å². The van der Waals surface area contributed by atoms with E-state index in [1.807, 2.05) is 19.1 Å². The number of phenols is 1. The van der Waals surface area contributed by atoms with E-state index in [2.05, 4.69) is 5.32 Å². The summed E-state index contributed by atoms with van der Waals surface area (Å²) in [5.74, 6) is 0.562. The van der Waals surface area contributed by atoms with Crippen molar-refractivity contribution in [1.82, 2.24) is 5.32 Å². The van der Waals surface area contributed by atoms with Gasteiger partial charge >= 0.3 is 0 Å². The fraction of sp³-hybridized carbons (Fsp3) is 0.188. The van der Waals surface area contributed by atoms with E-state index in [0.29, 0.717) is 24.5 Å². The smallest absolute Gasteiger partial charge is 0.255 e. The Morgan fingerprint density at radius 3 is 2.75 bits per heavy atom. The summed E-state index contributed by atoms with van der Waals surface area (Å²) in [4.78, 5) is 12.1. The number of aromatic hydroxyl groups is 1. The molecule has 0 aliphatic rings. The molecule has 2 rings (SSSR count). The molecule has 0 saturated heterocycles. The van der Waals surface area contributed by atoms with E-state index >= 15 is 0 Å². The Balaban J connectivity index is 2.05. The van der Waals surface area contributed by atoms with E-state index in [0.717, 1.165) is 5.56 Å². The Kier molecular flexibility index (Phi) is 4.60. The lowest BCUT2D eigenvalue weighted by Gasteiger charge is -2.10. The zero-order chi connectivity index (χ0) is 14.4. The molecule has 104 valence electrons. The van der Waals surface area contributed by atoms with E-state index < -0.39 is 0 Å². The molecular formula is C16H17NO3. The van der Waals surface area contributed by atoms with Crippen molar-refractivity contribution in [3.63, 3.8) is 0 Å². The minimum absolute atomic E-state index is 0.187. The van der Waals surface area contributed by atoms with Crippen LogP contribution in [0.2, 0.25) is 0 Å². The average Bonchev–Trinajstić information content (AvgIpc) is 2.46. The van der Waals surface area contributed by atoms with Gasteiger partial charge in [0.1, 0.15) is 11.5 Å². The molecule has 4 nitrogen and oxygen atoms in total. The van der Waals surface area contributed by atoms with Gasteiger partial charge in [-0.15, -0.1) is 0 Å². The Morgan fingerprint density at radius 2 is 2.00 bits per heavy atom. The zero-order valence-corrected chi connectivity index (χ0v) is 11.3. The van der Waals surface area contributed by atoms with Crippen LogP contribution in [-0.4, -0.2) is 17.6 Å². The third-order valence-corrected chi connectivity index (χ3v) is 2.80. The fourth-order valence-corrected chi connectivity index (χ4v) is 1.88. The number of hydrogen-bond donors (Lipinski definition) is 2. The van der Waals surface area contributed by atoms with Gasteiger partial charge in [0.15, 0.2) is 0 Å². The first-order valence-corrected chi connectivity index (χ1v) is 6.48. The van der Waals surface area contributed by atoms with Crippen molar-refractivity contribution >= 4 is 5.91 Å². The summed E-state index contributed by atoms with van der Waals surface area (Å²) < 4.78 is 5.43. The molecule has 0 saturated carbocycles. The number of nitrogens with one attached hydrogen (secondary N) is 1. The molecule has 0 aliphatic carbocycles. The topological polar surface area (TPSA) is 58.6 Å². The molecule has 0 atom stereocenters. The molecule has 0 radical (unpaired) electrons. The predicted molar refractivity (Wildman–Crippen MR) is 76.9 cm³/mol. The monoisotopic (exact) mass is 271 g/mol. The van der Waals surface area contributed by atoms with Gasteiger partial charge in [-0.1, -0.05) is 24.3 Å². The lowest BCUT2D eigenvalue weighted by atomic mass is 10.1. The van der Waals surface area contributed by atoms with Crippen LogP contribution in [-0.2, 0) is 6.54 Å². The summed E-state index contributed by atoms with van der Waals surface area (Å²) in [6, 6.07) is 13.9. The molecule has 2 aromatic carbocycles. The second kappa shape index (κ2) is 6.61. The molecule has 0 spiro atoms. The predicted octanol–water partition coefficient (Wildman–Crippen LogP) is 2.72. The van der Waals surface area contributed by atoms with Gasteiger partial charge in [0, 0.05) is 6.54 Å². The molecule has 2 N–H and O–H groups in total. The number of hydrogen-bond acceptors (Lipinski definition) is 3. The molecule has 4 heteroatoms. The van der Waals surface area contributed by atoms with Crippen LogP contribution in [0.15, 0.2) is 48.5 Å². The van der Waals surface area contributed by atoms with Gasteiger partial charge in [-0.05, 0) is 36.8 Å². The Hall–Kier alpha value is -2.49. The maximum absolute atomic E-state index is 12.1. The minimum atomic E-state index is -0.197. The number of ether oxygens (including phenoxy) is 1. The quantitative estimate of drug-likeness (QED) is 0.879. The van der Waals surface area contributed by atoms with Gasteiger partial charge in [0.2, 0.25) is 0 Å². The van der Waals surface area contributed by atoms with Crippen molar-refractivity contribution in [2.45, 2.75) is 13.5 Å². The molecule has 0 aromatic heterocycles. The zero-order valence-electron chi connectivity index (χ0n) is 11.3. The van der Waals surface area contributed by atoms with Crippen LogP contribution in [0.4, 0.5) is 0 Å². The highest BCUT2D eigenvalue weighted by molar-refractivity contribution is 5.96. The van der Waals surface area contributed by atoms with Gasteiger partial charge in [-0.2, -0.15) is 0 Å². The van der Waals surface area contributed by atoms with E-state index in [1.165, 1.54) is 0 Å². The van der Waals surface area contributed by atoms with Crippen LogP contribution in [0.25, 0.3) is 0 Å². The molecule has 0 aliphatic heterocycles. The number of benzene rings is 2. The third-order valence-electron chi connectivity index (χ3n) is 2.80. The number of carbonyl (C=O) groups is 1. The number of carbonyl (C=O) groups excluding carboxylic acids is 1. The molecule has 1 amide bonds. The summed E-state index contributed by atoms with van der Waals surface area (Å²) in [6.45, 7) is 2.74. The summed E-state index contributed by atoms with van der Waals surface area (Å²) >= 11 is 0. The Labute approximate surface area is 118 Å². The second-order valence-corrected chi connectivity index (χ2v) is 4.28. The van der Waals surface area contributed by atoms with Crippen molar-refractivity contribution in [3.05, 3.63) is 59.7 Å². The fourth-order valence-electron chi connectivity index (χ4n) is 1.88. The second-order valence-electron chi connectivity index (χ2n) is 4.28. The number of phenolic OH excluding ortho intramolecular Hbond substituents is 1. The summed E-state index contributed by atoms with van der Waals surface area (Å²) in [5.41, 5.74) is 1.35. The molecule has 0 heterocycles. The van der Waals surface area contributed by atoms with E-state index in [1.54, 1.807) is 36.4 Å². The van der Waals surface area contributed by atoms with Crippen molar-refractivity contribution in [3.8, 4) is 11.5 Å². The molecule has 0 unspecified atom stereocenters. The highest BCUT2D eigenvalue weighted by Crippen LogP contribution is 2.18. The van der Waals surface area contributed by atoms with Crippen LogP contribution in [0.1, 0.15) is 22.8 Å². The van der Waals surface area contributed by atoms with E-state index in [9.17, 15) is 9.90 Å². The van der Waals surface area contributed by atoms with Gasteiger partial charge in [-0.3, -0.25) is 4.79 Å². The lowest BCUT2D eigenvalue weighted by molar-refractivity contribution is 0.0947. The first kappa shape index (κ1) is 13.9. The van der Waals surface area contributed by atoms with Crippen molar-refractivity contribution in [2.75, 3.05) is 6.61 Å². The lowest BCUT2D eigenvalue weighted by Crippen LogP contribution is -2.23. The van der Waals surface area contributed by atoms with Crippen LogP contribution in [0.3, 0.4) is 0 Å². The Morgan fingerprint density at radius 1 is 1.20 bits per heavy atom.